The molecule has 2 N–H and O–H groups in total. The molecule has 1 amide bonds. The van der Waals surface area contributed by atoms with Crippen molar-refractivity contribution in [2.75, 3.05) is 11.0 Å². The summed E-state index contributed by atoms with van der Waals surface area (Å²) >= 11 is 6.33. The molecule has 30 heavy (non-hydrogen) atoms. The lowest BCUT2D eigenvalue weighted by atomic mass is 9.98. The molecule has 156 valence electrons. The number of amides is 1. The standard InChI is InChI=1S/C23H23ClN2O3S/c1-16-12-13-19(15-21(16)26-30(2,28)29)23(27)25-22(17-8-4-3-5-9-17)14-18-10-6-7-11-20(18)24/h3-13,15,22,26H,14H2,1-2H3,(H,25,27). The van der Waals surface area contributed by atoms with Gasteiger partial charge in [0.1, 0.15) is 0 Å². The van der Waals surface area contributed by atoms with E-state index in [4.69, 9.17) is 11.6 Å². The van der Waals surface area contributed by atoms with Crippen LogP contribution >= 0.6 is 11.6 Å². The molecule has 3 rings (SSSR count). The number of anilines is 1. The molecule has 0 spiro atoms. The van der Waals surface area contributed by atoms with Crippen LogP contribution in [0.1, 0.15) is 33.1 Å². The average molecular weight is 443 g/mol. The molecule has 0 aromatic heterocycles. The van der Waals surface area contributed by atoms with Crippen molar-refractivity contribution < 1.29 is 13.2 Å². The number of sulfonamides is 1. The van der Waals surface area contributed by atoms with Gasteiger partial charge in [-0.15, -0.1) is 0 Å². The van der Waals surface area contributed by atoms with Crippen LogP contribution in [0.5, 0.6) is 0 Å². The zero-order valence-electron chi connectivity index (χ0n) is 16.7. The first-order valence-corrected chi connectivity index (χ1v) is 11.7. The normalized spacial score (nSPS) is 12.2. The summed E-state index contributed by atoms with van der Waals surface area (Å²) in [5, 5.41) is 3.70. The van der Waals surface area contributed by atoms with E-state index in [0.717, 1.165) is 22.9 Å². The monoisotopic (exact) mass is 442 g/mol. The maximum Gasteiger partial charge on any atom is 0.251 e. The molecule has 1 unspecified atom stereocenters. The van der Waals surface area contributed by atoms with Crippen molar-refractivity contribution in [2.45, 2.75) is 19.4 Å². The molecule has 3 aromatic rings. The summed E-state index contributed by atoms with van der Waals surface area (Å²) in [6, 6.07) is 21.8. The van der Waals surface area contributed by atoms with Gasteiger partial charge in [0.2, 0.25) is 10.0 Å². The first kappa shape index (κ1) is 21.9. The third kappa shape index (κ3) is 5.84. The molecule has 0 aliphatic carbocycles. The van der Waals surface area contributed by atoms with E-state index in [-0.39, 0.29) is 11.9 Å². The van der Waals surface area contributed by atoms with E-state index in [1.807, 2.05) is 54.6 Å². The van der Waals surface area contributed by atoms with E-state index >= 15 is 0 Å². The minimum atomic E-state index is -3.45. The fraction of sp³-hybridized carbons (Fsp3) is 0.174. The van der Waals surface area contributed by atoms with Gasteiger partial charge in [-0.2, -0.15) is 0 Å². The van der Waals surface area contributed by atoms with Gasteiger partial charge in [0.05, 0.1) is 18.0 Å². The van der Waals surface area contributed by atoms with Crippen molar-refractivity contribution in [3.63, 3.8) is 0 Å². The van der Waals surface area contributed by atoms with Crippen molar-refractivity contribution in [1.82, 2.24) is 5.32 Å². The molecule has 5 nitrogen and oxygen atoms in total. The highest BCUT2D eigenvalue weighted by molar-refractivity contribution is 7.92. The molecular formula is C23H23ClN2O3S. The second kappa shape index (κ2) is 9.32. The molecular weight excluding hydrogens is 420 g/mol. The Hall–Kier alpha value is -2.83. The molecule has 0 bridgehead atoms. The molecule has 0 aliphatic heterocycles. The lowest BCUT2D eigenvalue weighted by molar-refractivity contribution is 0.0936. The summed E-state index contributed by atoms with van der Waals surface area (Å²) in [6.07, 6.45) is 1.60. The summed E-state index contributed by atoms with van der Waals surface area (Å²) < 4.78 is 25.7. The maximum atomic E-state index is 13.0. The third-order valence-corrected chi connectivity index (χ3v) is 5.64. The lowest BCUT2D eigenvalue weighted by Gasteiger charge is -2.20. The molecule has 0 radical (unpaired) electrons. The molecule has 0 saturated carbocycles. The van der Waals surface area contributed by atoms with Gasteiger partial charge >= 0.3 is 0 Å². The quantitative estimate of drug-likeness (QED) is 0.555. The Morgan fingerprint density at radius 1 is 1.00 bits per heavy atom. The van der Waals surface area contributed by atoms with Crippen molar-refractivity contribution in [3.8, 4) is 0 Å². The van der Waals surface area contributed by atoms with Gasteiger partial charge in [-0.25, -0.2) is 8.42 Å². The Morgan fingerprint density at radius 2 is 1.67 bits per heavy atom. The summed E-state index contributed by atoms with van der Waals surface area (Å²) in [5.74, 6) is -0.299. The van der Waals surface area contributed by atoms with Crippen molar-refractivity contribution in [1.29, 1.82) is 0 Å². The van der Waals surface area contributed by atoms with Gasteiger partial charge in [-0.1, -0.05) is 66.2 Å². The van der Waals surface area contributed by atoms with Crippen molar-refractivity contribution >= 4 is 33.2 Å². The fourth-order valence-corrected chi connectivity index (χ4v) is 3.97. The highest BCUT2D eigenvalue weighted by Crippen LogP contribution is 2.25. The third-order valence-electron chi connectivity index (χ3n) is 4.68. The van der Waals surface area contributed by atoms with Crippen LogP contribution in [0.3, 0.4) is 0 Å². The topological polar surface area (TPSA) is 75.3 Å². The average Bonchev–Trinajstić information content (AvgIpc) is 2.70. The molecule has 0 saturated heterocycles. The molecule has 3 aromatic carbocycles. The maximum absolute atomic E-state index is 13.0. The van der Waals surface area contributed by atoms with Crippen molar-refractivity contribution in [2.24, 2.45) is 0 Å². The predicted molar refractivity (Wildman–Crippen MR) is 121 cm³/mol. The number of hydrogen-bond acceptors (Lipinski definition) is 3. The van der Waals surface area contributed by atoms with Gasteiger partial charge < -0.3 is 5.32 Å². The first-order chi connectivity index (χ1) is 14.2. The van der Waals surface area contributed by atoms with Crippen LogP contribution in [0.15, 0.2) is 72.8 Å². The highest BCUT2D eigenvalue weighted by atomic mass is 35.5. The smallest absolute Gasteiger partial charge is 0.251 e. The number of halogens is 1. The van der Waals surface area contributed by atoms with Crippen LogP contribution in [0.25, 0.3) is 0 Å². The van der Waals surface area contributed by atoms with Crippen LogP contribution in [0.2, 0.25) is 5.02 Å². The van der Waals surface area contributed by atoms with Crippen LogP contribution in [0.4, 0.5) is 5.69 Å². The van der Waals surface area contributed by atoms with Crippen LogP contribution < -0.4 is 10.0 Å². The Morgan fingerprint density at radius 3 is 2.33 bits per heavy atom. The molecule has 0 heterocycles. The van der Waals surface area contributed by atoms with Gasteiger partial charge in [-0.05, 0) is 48.2 Å². The lowest BCUT2D eigenvalue weighted by Crippen LogP contribution is -2.30. The summed E-state index contributed by atoms with van der Waals surface area (Å²) in [7, 11) is -3.45. The Labute approximate surface area is 182 Å². The minimum absolute atomic E-state index is 0.299. The number of hydrogen-bond donors (Lipinski definition) is 2. The van der Waals surface area contributed by atoms with E-state index in [1.54, 1.807) is 25.1 Å². The SMILES string of the molecule is Cc1ccc(C(=O)NC(Cc2ccccc2Cl)c2ccccc2)cc1NS(C)(=O)=O. The molecule has 1 atom stereocenters. The number of benzene rings is 3. The minimum Gasteiger partial charge on any atom is -0.345 e. The predicted octanol–water partition coefficient (Wildman–Crippen LogP) is 4.73. The Bertz CT molecular complexity index is 1150. The van der Waals surface area contributed by atoms with Gasteiger partial charge in [0.25, 0.3) is 5.91 Å². The van der Waals surface area contributed by atoms with Crippen LogP contribution in [-0.4, -0.2) is 20.6 Å². The second-order valence-electron chi connectivity index (χ2n) is 7.14. The zero-order chi connectivity index (χ0) is 21.7. The summed E-state index contributed by atoms with van der Waals surface area (Å²) in [4.78, 5) is 13.0. The largest absolute Gasteiger partial charge is 0.345 e. The number of aryl methyl sites for hydroxylation is 1. The molecule has 0 aliphatic rings. The number of nitrogens with one attached hydrogen (secondary N) is 2. The molecule has 0 fully saturated rings. The Balaban J connectivity index is 1.88. The summed E-state index contributed by atoms with van der Waals surface area (Å²) in [5.41, 5.74) is 3.36. The molecule has 7 heteroatoms. The first-order valence-electron chi connectivity index (χ1n) is 9.40. The Kier molecular flexibility index (Phi) is 6.80. The van der Waals surface area contributed by atoms with E-state index < -0.39 is 10.0 Å². The van der Waals surface area contributed by atoms with E-state index in [2.05, 4.69) is 10.0 Å². The van der Waals surface area contributed by atoms with Gasteiger partial charge in [-0.3, -0.25) is 9.52 Å². The van der Waals surface area contributed by atoms with Crippen molar-refractivity contribution in [3.05, 3.63) is 100 Å². The zero-order valence-corrected chi connectivity index (χ0v) is 18.3. The fourth-order valence-electron chi connectivity index (χ4n) is 3.14. The number of carbonyl (C=O) groups excluding carboxylic acids is 1. The second-order valence-corrected chi connectivity index (χ2v) is 9.29. The van der Waals surface area contributed by atoms with Gasteiger partial charge in [0.15, 0.2) is 0 Å². The summed E-state index contributed by atoms with van der Waals surface area (Å²) in [6.45, 7) is 1.78. The van der Waals surface area contributed by atoms with E-state index in [0.29, 0.717) is 22.7 Å². The highest BCUT2D eigenvalue weighted by Gasteiger charge is 2.18. The van der Waals surface area contributed by atoms with Gasteiger partial charge in [0, 0.05) is 10.6 Å². The van der Waals surface area contributed by atoms with E-state index in [1.165, 1.54) is 0 Å². The van der Waals surface area contributed by atoms with Crippen LogP contribution in [-0.2, 0) is 16.4 Å². The number of rotatable bonds is 7. The number of carbonyl (C=O) groups is 1. The van der Waals surface area contributed by atoms with Crippen LogP contribution in [0, 0.1) is 6.92 Å². The van der Waals surface area contributed by atoms with E-state index in [9.17, 15) is 13.2 Å².